The van der Waals surface area contributed by atoms with Gasteiger partial charge in [0.2, 0.25) is 0 Å². The fourth-order valence-electron chi connectivity index (χ4n) is 2.00. The van der Waals surface area contributed by atoms with E-state index >= 15 is 0 Å². The Hall–Kier alpha value is -0.380. The lowest BCUT2D eigenvalue weighted by Gasteiger charge is -2.34. The number of hydrogen-bond donors (Lipinski definition) is 1. The highest BCUT2D eigenvalue weighted by atomic mass is 32.1. The highest BCUT2D eigenvalue weighted by Gasteiger charge is 2.21. The van der Waals surface area contributed by atoms with Gasteiger partial charge in [-0.15, -0.1) is 0 Å². The van der Waals surface area contributed by atoms with Crippen LogP contribution in [0.3, 0.4) is 0 Å². The van der Waals surface area contributed by atoms with Gasteiger partial charge < -0.3 is 5.73 Å². The molecule has 0 amide bonds. The first-order valence-corrected chi connectivity index (χ1v) is 6.66. The molecule has 86 valence electrons. The summed E-state index contributed by atoms with van der Waals surface area (Å²) in [7, 11) is 0. The van der Waals surface area contributed by atoms with E-state index in [1.54, 1.807) is 11.3 Å². The molecule has 0 saturated heterocycles. The van der Waals surface area contributed by atoms with Crippen LogP contribution >= 0.6 is 11.3 Å². The molecule has 1 aromatic rings. The zero-order chi connectivity index (χ0) is 11.3. The zero-order valence-corrected chi connectivity index (χ0v) is 10.8. The fourth-order valence-corrected chi connectivity index (χ4v) is 2.71. The summed E-state index contributed by atoms with van der Waals surface area (Å²) in [4.78, 5) is 2.49. The van der Waals surface area contributed by atoms with Crippen molar-refractivity contribution < 1.29 is 0 Å². The summed E-state index contributed by atoms with van der Waals surface area (Å²) >= 11 is 1.75. The largest absolute Gasteiger partial charge is 0.329 e. The average molecular weight is 226 g/mol. The van der Waals surface area contributed by atoms with Gasteiger partial charge in [0.05, 0.1) is 0 Å². The van der Waals surface area contributed by atoms with E-state index in [9.17, 15) is 0 Å². The average Bonchev–Trinajstić information content (AvgIpc) is 2.77. The molecular formula is C12H22N2S. The third-order valence-corrected chi connectivity index (χ3v) is 3.78. The molecule has 2 unspecified atom stereocenters. The molecule has 0 saturated carbocycles. The first-order chi connectivity index (χ1) is 7.24. The van der Waals surface area contributed by atoms with Gasteiger partial charge in [-0.05, 0) is 42.3 Å². The van der Waals surface area contributed by atoms with Gasteiger partial charge in [-0.3, -0.25) is 4.90 Å². The molecule has 0 fully saturated rings. The Morgan fingerprint density at radius 1 is 1.47 bits per heavy atom. The van der Waals surface area contributed by atoms with Crippen LogP contribution in [0, 0.1) is 0 Å². The molecule has 0 aromatic carbocycles. The Kier molecular flexibility index (Phi) is 5.29. The van der Waals surface area contributed by atoms with Crippen LogP contribution in [0.15, 0.2) is 16.8 Å². The Morgan fingerprint density at radius 3 is 2.60 bits per heavy atom. The van der Waals surface area contributed by atoms with Gasteiger partial charge in [-0.1, -0.05) is 13.8 Å². The zero-order valence-electron chi connectivity index (χ0n) is 9.94. The number of hydrogen-bond acceptors (Lipinski definition) is 3. The second-order valence-corrected chi connectivity index (χ2v) is 4.68. The first-order valence-electron chi connectivity index (χ1n) is 5.72. The highest BCUT2D eigenvalue weighted by Crippen LogP contribution is 2.24. The summed E-state index contributed by atoms with van der Waals surface area (Å²) < 4.78 is 0. The quantitative estimate of drug-likeness (QED) is 0.808. The molecule has 1 rings (SSSR count). The molecule has 1 heterocycles. The number of rotatable bonds is 6. The Bertz CT molecular complexity index is 259. The van der Waals surface area contributed by atoms with E-state index in [-0.39, 0.29) is 0 Å². The second-order valence-electron chi connectivity index (χ2n) is 3.90. The van der Waals surface area contributed by atoms with E-state index in [0.29, 0.717) is 18.6 Å². The summed E-state index contributed by atoms with van der Waals surface area (Å²) in [6.45, 7) is 8.48. The Balaban J connectivity index is 2.80. The molecule has 0 aliphatic rings. The first kappa shape index (κ1) is 12.7. The van der Waals surface area contributed by atoms with E-state index in [2.05, 4.69) is 42.5 Å². The molecule has 2 atom stereocenters. The Morgan fingerprint density at radius 2 is 2.20 bits per heavy atom. The topological polar surface area (TPSA) is 29.3 Å². The SMILES string of the molecule is CCC(C)N(CC)C(CN)c1ccsc1. The minimum absolute atomic E-state index is 0.385. The predicted molar refractivity (Wildman–Crippen MR) is 68.2 cm³/mol. The second kappa shape index (κ2) is 6.26. The summed E-state index contributed by atoms with van der Waals surface area (Å²) in [5.41, 5.74) is 7.26. The van der Waals surface area contributed by atoms with Gasteiger partial charge in [-0.2, -0.15) is 11.3 Å². The standard InChI is InChI=1S/C12H22N2S/c1-4-10(3)14(5-2)12(8-13)11-6-7-15-9-11/h6-7,9-10,12H,4-5,8,13H2,1-3H3. The maximum atomic E-state index is 5.90. The van der Waals surface area contributed by atoms with E-state index in [1.165, 1.54) is 12.0 Å². The van der Waals surface area contributed by atoms with Crippen molar-refractivity contribution in [3.05, 3.63) is 22.4 Å². The fraction of sp³-hybridized carbons (Fsp3) is 0.667. The van der Waals surface area contributed by atoms with Crippen LogP contribution in [0.5, 0.6) is 0 Å². The van der Waals surface area contributed by atoms with Crippen molar-refractivity contribution in [3.8, 4) is 0 Å². The molecule has 2 N–H and O–H groups in total. The summed E-state index contributed by atoms with van der Waals surface area (Å²) in [6.07, 6.45) is 1.18. The molecule has 1 aromatic heterocycles. The minimum Gasteiger partial charge on any atom is -0.329 e. The molecule has 0 spiro atoms. The van der Waals surface area contributed by atoms with Gasteiger partial charge in [0.1, 0.15) is 0 Å². The lowest BCUT2D eigenvalue weighted by atomic mass is 10.1. The number of thiophene rings is 1. The normalized spacial score (nSPS) is 15.5. The number of likely N-dealkylation sites (N-methyl/N-ethyl adjacent to an activating group) is 1. The number of nitrogens with two attached hydrogens (primary N) is 1. The van der Waals surface area contributed by atoms with Crippen LogP contribution in [-0.4, -0.2) is 24.0 Å². The van der Waals surface area contributed by atoms with Crippen molar-refractivity contribution in [3.63, 3.8) is 0 Å². The minimum atomic E-state index is 0.385. The smallest absolute Gasteiger partial charge is 0.0481 e. The maximum Gasteiger partial charge on any atom is 0.0481 e. The van der Waals surface area contributed by atoms with Crippen molar-refractivity contribution in [2.24, 2.45) is 5.73 Å². The monoisotopic (exact) mass is 226 g/mol. The molecule has 15 heavy (non-hydrogen) atoms. The van der Waals surface area contributed by atoms with Crippen LogP contribution in [0.4, 0.5) is 0 Å². The van der Waals surface area contributed by atoms with Gasteiger partial charge in [0.25, 0.3) is 0 Å². The molecular weight excluding hydrogens is 204 g/mol. The van der Waals surface area contributed by atoms with Crippen molar-refractivity contribution in [1.82, 2.24) is 4.90 Å². The molecule has 0 bridgehead atoms. The van der Waals surface area contributed by atoms with Crippen molar-refractivity contribution in [2.45, 2.75) is 39.3 Å². The van der Waals surface area contributed by atoms with E-state index in [4.69, 9.17) is 5.73 Å². The molecule has 0 aliphatic carbocycles. The molecule has 0 radical (unpaired) electrons. The van der Waals surface area contributed by atoms with Crippen molar-refractivity contribution in [1.29, 1.82) is 0 Å². The lowest BCUT2D eigenvalue weighted by molar-refractivity contribution is 0.152. The van der Waals surface area contributed by atoms with Crippen molar-refractivity contribution in [2.75, 3.05) is 13.1 Å². The molecule has 0 aliphatic heterocycles. The summed E-state index contributed by atoms with van der Waals surface area (Å²) in [6, 6.07) is 3.17. The van der Waals surface area contributed by atoms with E-state index in [1.807, 2.05) is 0 Å². The predicted octanol–water partition coefficient (Wildman–Crippen LogP) is 2.87. The van der Waals surface area contributed by atoms with Gasteiger partial charge in [0, 0.05) is 18.6 Å². The third-order valence-electron chi connectivity index (χ3n) is 3.07. The van der Waals surface area contributed by atoms with E-state index < -0.39 is 0 Å². The highest BCUT2D eigenvalue weighted by molar-refractivity contribution is 7.07. The van der Waals surface area contributed by atoms with Crippen molar-refractivity contribution >= 4 is 11.3 Å². The number of nitrogens with zero attached hydrogens (tertiary/aromatic N) is 1. The van der Waals surface area contributed by atoms with Gasteiger partial charge in [0.15, 0.2) is 0 Å². The third kappa shape index (κ3) is 3.03. The summed E-state index contributed by atoms with van der Waals surface area (Å²) in [5, 5.41) is 4.34. The van der Waals surface area contributed by atoms with Crippen LogP contribution in [0.1, 0.15) is 38.8 Å². The Labute approximate surface area is 97.1 Å². The van der Waals surface area contributed by atoms with Gasteiger partial charge >= 0.3 is 0 Å². The molecule has 2 nitrogen and oxygen atoms in total. The van der Waals surface area contributed by atoms with Crippen LogP contribution in [0.25, 0.3) is 0 Å². The molecule has 3 heteroatoms. The lowest BCUT2D eigenvalue weighted by Crippen LogP contribution is -2.39. The maximum absolute atomic E-state index is 5.90. The van der Waals surface area contributed by atoms with E-state index in [0.717, 1.165) is 6.54 Å². The van der Waals surface area contributed by atoms with Gasteiger partial charge in [-0.25, -0.2) is 0 Å². The van der Waals surface area contributed by atoms with Crippen LogP contribution < -0.4 is 5.73 Å². The summed E-state index contributed by atoms with van der Waals surface area (Å²) in [5.74, 6) is 0. The van der Waals surface area contributed by atoms with Crippen LogP contribution in [0.2, 0.25) is 0 Å². The van der Waals surface area contributed by atoms with Crippen LogP contribution in [-0.2, 0) is 0 Å².